The molecule has 3 heterocycles. The minimum atomic E-state index is -0.310. The van der Waals surface area contributed by atoms with E-state index in [1.54, 1.807) is 24.9 Å². The Kier molecular flexibility index (Phi) is 5.99. The van der Waals surface area contributed by atoms with Gasteiger partial charge in [0.15, 0.2) is 0 Å². The lowest BCUT2D eigenvalue weighted by molar-refractivity contribution is -0.122. The molecule has 8 heteroatoms. The number of pyridine rings is 1. The quantitative estimate of drug-likeness (QED) is 0.524. The monoisotopic (exact) mass is 450 g/mol. The van der Waals surface area contributed by atoms with Crippen LogP contribution in [0.5, 0.6) is 0 Å². The van der Waals surface area contributed by atoms with Crippen molar-refractivity contribution in [2.45, 2.75) is 26.3 Å². The number of carbonyl (C=O) groups is 1. The summed E-state index contributed by atoms with van der Waals surface area (Å²) in [5, 5.41) is 9.57. The van der Waals surface area contributed by atoms with E-state index in [-0.39, 0.29) is 17.0 Å². The fourth-order valence-electron chi connectivity index (χ4n) is 4.06. The summed E-state index contributed by atoms with van der Waals surface area (Å²) in [7, 11) is 1.69. The van der Waals surface area contributed by atoms with E-state index in [0.717, 1.165) is 42.9 Å². The number of hydrogen-bond acceptors (Lipinski definition) is 6. The van der Waals surface area contributed by atoms with Crippen molar-refractivity contribution in [1.29, 1.82) is 5.26 Å². The van der Waals surface area contributed by atoms with Gasteiger partial charge in [0.05, 0.1) is 11.4 Å². The Morgan fingerprint density at radius 1 is 1.19 bits per heavy atom. The number of anilines is 1. The van der Waals surface area contributed by atoms with Crippen molar-refractivity contribution < 1.29 is 4.79 Å². The topological polar surface area (TPSA) is 69.3 Å². The third-order valence-corrected chi connectivity index (χ3v) is 7.08. The van der Waals surface area contributed by atoms with Gasteiger partial charge in [-0.1, -0.05) is 54.3 Å². The molecule has 0 unspecified atom stereocenters. The summed E-state index contributed by atoms with van der Waals surface area (Å²) in [4.78, 5) is 30.2. The summed E-state index contributed by atoms with van der Waals surface area (Å²) in [5.41, 5.74) is 2.14. The van der Waals surface area contributed by atoms with Crippen molar-refractivity contribution >= 4 is 46.1 Å². The van der Waals surface area contributed by atoms with E-state index in [9.17, 15) is 14.9 Å². The minimum Gasteiger partial charge on any atom is -0.357 e. The Morgan fingerprint density at radius 3 is 2.52 bits per heavy atom. The number of aromatic nitrogens is 1. The van der Waals surface area contributed by atoms with E-state index in [2.05, 4.69) is 4.90 Å². The van der Waals surface area contributed by atoms with Crippen LogP contribution in [0.2, 0.25) is 0 Å². The summed E-state index contributed by atoms with van der Waals surface area (Å²) in [6, 6.07) is 11.8. The van der Waals surface area contributed by atoms with Gasteiger partial charge in [-0.15, -0.1) is 0 Å². The number of carbonyl (C=O) groups excluding carboxylic acids is 1. The molecule has 4 rings (SSSR count). The maximum absolute atomic E-state index is 13.2. The molecule has 0 aliphatic carbocycles. The smallest absolute Gasteiger partial charge is 0.270 e. The van der Waals surface area contributed by atoms with Gasteiger partial charge >= 0.3 is 0 Å². The van der Waals surface area contributed by atoms with Gasteiger partial charge in [-0.3, -0.25) is 19.1 Å². The largest absolute Gasteiger partial charge is 0.357 e. The molecule has 2 saturated heterocycles. The van der Waals surface area contributed by atoms with Crippen molar-refractivity contribution in [3.05, 3.63) is 67.8 Å². The Labute approximate surface area is 190 Å². The van der Waals surface area contributed by atoms with Gasteiger partial charge in [0.1, 0.15) is 21.8 Å². The summed E-state index contributed by atoms with van der Waals surface area (Å²) in [6.07, 6.45) is 3.89. The number of nitriles is 1. The molecule has 158 valence electrons. The average Bonchev–Trinajstić information content (AvgIpc) is 3.38. The SMILES string of the molecule is Cc1c(/C=C2/SC(=S)N(Cc3ccccc3)C2=O)c(N2CCCC2)n(C)c(=O)c1C#N. The highest BCUT2D eigenvalue weighted by Gasteiger charge is 2.33. The predicted molar refractivity (Wildman–Crippen MR) is 128 cm³/mol. The van der Waals surface area contributed by atoms with E-state index in [1.807, 2.05) is 36.4 Å². The highest BCUT2D eigenvalue weighted by molar-refractivity contribution is 8.26. The van der Waals surface area contributed by atoms with E-state index < -0.39 is 0 Å². The first kappa shape index (κ1) is 21.3. The van der Waals surface area contributed by atoms with Gasteiger partial charge in [-0.2, -0.15) is 5.26 Å². The van der Waals surface area contributed by atoms with Crippen LogP contribution in [0, 0.1) is 18.3 Å². The molecule has 0 atom stereocenters. The lowest BCUT2D eigenvalue weighted by Gasteiger charge is -2.25. The van der Waals surface area contributed by atoms with Crippen molar-refractivity contribution in [2.24, 2.45) is 7.05 Å². The fourth-order valence-corrected chi connectivity index (χ4v) is 5.29. The van der Waals surface area contributed by atoms with Gasteiger partial charge in [0, 0.05) is 25.7 Å². The number of nitrogens with zero attached hydrogens (tertiary/aromatic N) is 4. The van der Waals surface area contributed by atoms with E-state index in [1.165, 1.54) is 16.3 Å². The zero-order valence-electron chi connectivity index (χ0n) is 17.4. The third kappa shape index (κ3) is 3.91. The number of thioether (sulfide) groups is 1. The third-order valence-electron chi connectivity index (χ3n) is 5.71. The summed E-state index contributed by atoms with van der Waals surface area (Å²) < 4.78 is 2.04. The number of hydrogen-bond donors (Lipinski definition) is 0. The molecule has 0 bridgehead atoms. The van der Waals surface area contributed by atoms with E-state index in [4.69, 9.17) is 12.2 Å². The molecule has 2 aliphatic rings. The maximum atomic E-state index is 13.2. The van der Waals surface area contributed by atoms with Crippen molar-refractivity contribution in [1.82, 2.24) is 9.47 Å². The number of benzene rings is 1. The van der Waals surface area contributed by atoms with Gasteiger partial charge in [0.25, 0.3) is 11.5 Å². The highest BCUT2D eigenvalue weighted by atomic mass is 32.2. The number of rotatable bonds is 4. The van der Waals surface area contributed by atoms with Crippen molar-refractivity contribution in [2.75, 3.05) is 18.0 Å². The lowest BCUT2D eigenvalue weighted by atomic mass is 10.0. The number of thiocarbonyl (C=S) groups is 1. The van der Waals surface area contributed by atoms with Gasteiger partial charge in [0.2, 0.25) is 0 Å². The molecule has 1 aromatic heterocycles. The summed E-state index contributed by atoms with van der Waals surface area (Å²) in [6.45, 7) is 3.87. The van der Waals surface area contributed by atoms with Crippen LogP contribution in [-0.2, 0) is 18.4 Å². The molecule has 1 aromatic carbocycles. The Hall–Kier alpha value is -2.89. The molecular formula is C23H22N4O2S2. The van der Waals surface area contributed by atoms with Gasteiger partial charge in [-0.05, 0) is 37.0 Å². The first-order valence-electron chi connectivity index (χ1n) is 10.1. The molecule has 0 saturated carbocycles. The van der Waals surface area contributed by atoms with E-state index >= 15 is 0 Å². The zero-order chi connectivity index (χ0) is 22.1. The van der Waals surface area contributed by atoms with Crippen LogP contribution in [0.4, 0.5) is 5.82 Å². The molecule has 2 aromatic rings. The molecule has 1 amide bonds. The highest BCUT2D eigenvalue weighted by Crippen LogP contribution is 2.36. The predicted octanol–water partition coefficient (Wildman–Crippen LogP) is 3.57. The van der Waals surface area contributed by atoms with Crippen LogP contribution in [0.1, 0.15) is 35.1 Å². The van der Waals surface area contributed by atoms with Gasteiger partial charge < -0.3 is 4.90 Å². The summed E-state index contributed by atoms with van der Waals surface area (Å²) >= 11 is 6.75. The normalized spacial score (nSPS) is 17.6. The summed E-state index contributed by atoms with van der Waals surface area (Å²) in [5.74, 6) is 0.602. The van der Waals surface area contributed by atoms with Crippen molar-refractivity contribution in [3.8, 4) is 6.07 Å². The minimum absolute atomic E-state index is 0.108. The van der Waals surface area contributed by atoms with Crippen LogP contribution in [-0.4, -0.2) is 32.8 Å². The fraction of sp³-hybridized carbons (Fsp3) is 0.304. The van der Waals surface area contributed by atoms with Crippen LogP contribution >= 0.6 is 24.0 Å². The lowest BCUT2D eigenvalue weighted by Crippen LogP contribution is -2.31. The molecule has 2 aliphatic heterocycles. The number of amides is 1. The first-order valence-corrected chi connectivity index (χ1v) is 11.3. The van der Waals surface area contributed by atoms with E-state index in [0.29, 0.717) is 21.3 Å². The average molecular weight is 451 g/mol. The molecule has 0 radical (unpaired) electrons. The van der Waals surface area contributed by atoms with Gasteiger partial charge in [-0.25, -0.2) is 0 Å². The molecule has 0 spiro atoms. The Bertz CT molecular complexity index is 1190. The second-order valence-corrected chi connectivity index (χ2v) is 9.34. The zero-order valence-corrected chi connectivity index (χ0v) is 19.1. The molecule has 6 nitrogen and oxygen atoms in total. The Balaban J connectivity index is 1.78. The first-order chi connectivity index (χ1) is 14.9. The Morgan fingerprint density at radius 2 is 1.87 bits per heavy atom. The molecule has 31 heavy (non-hydrogen) atoms. The maximum Gasteiger partial charge on any atom is 0.270 e. The van der Waals surface area contributed by atoms with Crippen LogP contribution in [0.25, 0.3) is 6.08 Å². The molecule has 2 fully saturated rings. The second-order valence-electron chi connectivity index (χ2n) is 7.66. The van der Waals surface area contributed by atoms with Crippen molar-refractivity contribution in [3.63, 3.8) is 0 Å². The van der Waals surface area contributed by atoms with Crippen LogP contribution in [0.3, 0.4) is 0 Å². The second kappa shape index (κ2) is 8.69. The standard InChI is InChI=1S/C23H22N4O2S2/c1-15-17(20(26-10-6-7-11-26)25(2)21(28)18(15)13-24)12-19-22(29)27(23(30)31-19)14-16-8-4-3-5-9-16/h3-5,8-9,12H,6-7,10-11,14H2,1-2H3/b19-12+. The van der Waals surface area contributed by atoms with Crippen LogP contribution in [0.15, 0.2) is 40.0 Å². The molecular weight excluding hydrogens is 428 g/mol. The molecule has 0 N–H and O–H groups in total. The van der Waals surface area contributed by atoms with Crippen LogP contribution < -0.4 is 10.5 Å².